The molecule has 2 atom stereocenters. The minimum absolute atomic E-state index is 0.577. The lowest BCUT2D eigenvalue weighted by molar-refractivity contribution is 0.184. The Labute approximate surface area is 94.2 Å². The summed E-state index contributed by atoms with van der Waals surface area (Å²) in [4.78, 5) is 2.26. The Hall–Kier alpha value is -0.120. The van der Waals surface area contributed by atoms with Crippen molar-refractivity contribution in [1.82, 2.24) is 10.2 Å². The first-order valence-electron chi connectivity index (χ1n) is 6.06. The van der Waals surface area contributed by atoms with E-state index in [0.717, 1.165) is 25.7 Å². The molecule has 3 heteroatoms. The predicted molar refractivity (Wildman–Crippen MR) is 64.2 cm³/mol. The van der Waals surface area contributed by atoms with Gasteiger partial charge in [-0.15, -0.1) is 0 Å². The molecule has 0 aromatic carbocycles. The highest BCUT2D eigenvalue weighted by Crippen LogP contribution is 2.10. The maximum atomic E-state index is 5.39. The molecule has 0 radical (unpaired) electrons. The Bertz CT molecular complexity index is 155. The van der Waals surface area contributed by atoms with Crippen molar-refractivity contribution < 1.29 is 4.74 Å². The average Bonchev–Trinajstić information content (AvgIpc) is 2.53. The topological polar surface area (TPSA) is 24.5 Å². The van der Waals surface area contributed by atoms with Crippen LogP contribution in [0.1, 0.15) is 26.7 Å². The zero-order valence-electron chi connectivity index (χ0n) is 10.6. The average molecular weight is 214 g/mol. The predicted octanol–water partition coefficient (Wildman–Crippen LogP) is 1.34. The molecule has 1 saturated heterocycles. The highest BCUT2D eigenvalue weighted by atomic mass is 16.5. The Morgan fingerprint density at radius 1 is 1.40 bits per heavy atom. The third kappa shape index (κ3) is 5.50. The molecule has 0 saturated carbocycles. The second-order valence-corrected chi connectivity index (χ2v) is 5.32. The molecule has 0 aromatic rings. The van der Waals surface area contributed by atoms with E-state index in [4.69, 9.17) is 4.74 Å². The summed E-state index contributed by atoms with van der Waals surface area (Å²) < 4.78 is 5.39. The van der Waals surface area contributed by atoms with Gasteiger partial charge in [-0.25, -0.2) is 0 Å². The Balaban J connectivity index is 2.32. The first-order valence-corrected chi connectivity index (χ1v) is 6.06. The molecule has 0 bridgehead atoms. The quantitative estimate of drug-likeness (QED) is 0.722. The third-order valence-corrected chi connectivity index (χ3v) is 2.74. The number of ether oxygens (including phenoxy) is 1. The van der Waals surface area contributed by atoms with E-state index in [1.165, 1.54) is 12.8 Å². The monoisotopic (exact) mass is 214 g/mol. The molecule has 1 fully saturated rings. The summed E-state index contributed by atoms with van der Waals surface area (Å²) in [6.45, 7) is 7.51. The van der Waals surface area contributed by atoms with Gasteiger partial charge in [0.05, 0.1) is 6.61 Å². The lowest BCUT2D eigenvalue weighted by Gasteiger charge is -2.26. The van der Waals surface area contributed by atoms with Gasteiger partial charge in [-0.1, -0.05) is 13.8 Å². The number of rotatable bonds is 6. The van der Waals surface area contributed by atoms with E-state index in [1.54, 1.807) is 0 Å². The van der Waals surface area contributed by atoms with Gasteiger partial charge in [0.1, 0.15) is 0 Å². The van der Waals surface area contributed by atoms with E-state index in [-0.39, 0.29) is 0 Å². The minimum atomic E-state index is 0.577. The van der Waals surface area contributed by atoms with Crippen molar-refractivity contribution in [3.05, 3.63) is 0 Å². The molecule has 90 valence electrons. The molecule has 1 aliphatic heterocycles. The zero-order chi connectivity index (χ0) is 11.3. The van der Waals surface area contributed by atoms with Crippen LogP contribution in [0.25, 0.3) is 0 Å². The smallest absolute Gasteiger partial charge is 0.0620 e. The van der Waals surface area contributed by atoms with Crippen LogP contribution in [-0.2, 0) is 4.74 Å². The fourth-order valence-electron chi connectivity index (χ4n) is 2.20. The van der Waals surface area contributed by atoms with Crippen molar-refractivity contribution >= 4 is 0 Å². The number of nitrogens with one attached hydrogen (secondary N) is 1. The Morgan fingerprint density at radius 3 is 2.60 bits per heavy atom. The molecule has 1 N–H and O–H groups in total. The van der Waals surface area contributed by atoms with Crippen molar-refractivity contribution in [2.45, 2.75) is 38.8 Å². The van der Waals surface area contributed by atoms with E-state index >= 15 is 0 Å². The molecule has 0 spiro atoms. The van der Waals surface area contributed by atoms with E-state index in [9.17, 15) is 0 Å². The van der Waals surface area contributed by atoms with Crippen LogP contribution in [0.5, 0.6) is 0 Å². The summed E-state index contributed by atoms with van der Waals surface area (Å²) in [5.41, 5.74) is 0. The van der Waals surface area contributed by atoms with Crippen LogP contribution in [0, 0.1) is 5.92 Å². The van der Waals surface area contributed by atoms with Crippen LogP contribution in [0.3, 0.4) is 0 Å². The number of hydrogen-bond acceptors (Lipinski definition) is 3. The number of hydrogen-bond donors (Lipinski definition) is 1. The van der Waals surface area contributed by atoms with Crippen molar-refractivity contribution in [1.29, 1.82) is 0 Å². The molecule has 1 heterocycles. The second-order valence-electron chi connectivity index (χ2n) is 5.32. The van der Waals surface area contributed by atoms with Crippen molar-refractivity contribution in [3.8, 4) is 0 Å². The van der Waals surface area contributed by atoms with E-state index in [1.807, 2.05) is 0 Å². The summed E-state index contributed by atoms with van der Waals surface area (Å²) in [6.07, 6.45) is 2.41. The van der Waals surface area contributed by atoms with Crippen molar-refractivity contribution in [3.63, 3.8) is 0 Å². The Kier molecular flexibility index (Phi) is 5.58. The highest BCUT2D eigenvalue weighted by Gasteiger charge is 2.20. The van der Waals surface area contributed by atoms with Gasteiger partial charge >= 0.3 is 0 Å². The summed E-state index contributed by atoms with van der Waals surface area (Å²) in [5.74, 6) is 0.754. The largest absolute Gasteiger partial charge is 0.380 e. The van der Waals surface area contributed by atoms with Crippen LogP contribution in [0.15, 0.2) is 0 Å². The van der Waals surface area contributed by atoms with Crippen molar-refractivity contribution in [2.75, 3.05) is 33.9 Å². The maximum absolute atomic E-state index is 5.39. The maximum Gasteiger partial charge on any atom is 0.0620 e. The lowest BCUT2D eigenvalue weighted by Crippen LogP contribution is -2.44. The summed E-state index contributed by atoms with van der Waals surface area (Å²) in [5, 5.41) is 3.71. The molecule has 0 amide bonds. The highest BCUT2D eigenvalue weighted by molar-refractivity contribution is 4.79. The SMILES string of the molecule is CC(C)CC(CN(C)C)NC1CCOC1. The molecular weight excluding hydrogens is 188 g/mol. The van der Waals surface area contributed by atoms with E-state index in [2.05, 4.69) is 38.2 Å². The van der Waals surface area contributed by atoms with Crippen LogP contribution in [-0.4, -0.2) is 50.8 Å². The van der Waals surface area contributed by atoms with Gasteiger partial charge in [0.15, 0.2) is 0 Å². The fraction of sp³-hybridized carbons (Fsp3) is 1.00. The van der Waals surface area contributed by atoms with Gasteiger partial charge < -0.3 is 15.0 Å². The summed E-state index contributed by atoms with van der Waals surface area (Å²) >= 11 is 0. The van der Waals surface area contributed by atoms with E-state index in [0.29, 0.717) is 12.1 Å². The summed E-state index contributed by atoms with van der Waals surface area (Å²) in [7, 11) is 4.28. The van der Waals surface area contributed by atoms with Crippen molar-refractivity contribution in [2.24, 2.45) is 5.92 Å². The standard InChI is InChI=1S/C12H26N2O/c1-10(2)7-12(8-14(3)4)13-11-5-6-15-9-11/h10-13H,5-9H2,1-4H3. The molecule has 3 nitrogen and oxygen atoms in total. The molecule has 1 rings (SSSR count). The fourth-order valence-corrected chi connectivity index (χ4v) is 2.20. The first-order chi connectivity index (χ1) is 7.08. The third-order valence-electron chi connectivity index (χ3n) is 2.74. The van der Waals surface area contributed by atoms with Gasteiger partial charge in [-0.3, -0.25) is 0 Å². The van der Waals surface area contributed by atoms with Gasteiger partial charge in [0.25, 0.3) is 0 Å². The van der Waals surface area contributed by atoms with Gasteiger partial charge in [-0.2, -0.15) is 0 Å². The molecule has 1 aliphatic rings. The number of likely N-dealkylation sites (N-methyl/N-ethyl adjacent to an activating group) is 1. The zero-order valence-corrected chi connectivity index (χ0v) is 10.6. The normalized spacial score (nSPS) is 24.0. The van der Waals surface area contributed by atoms with Gasteiger partial charge in [0, 0.05) is 25.2 Å². The summed E-state index contributed by atoms with van der Waals surface area (Å²) in [6, 6.07) is 1.18. The van der Waals surface area contributed by atoms with E-state index < -0.39 is 0 Å². The number of nitrogens with zero attached hydrogens (tertiary/aromatic N) is 1. The molecule has 15 heavy (non-hydrogen) atoms. The minimum Gasteiger partial charge on any atom is -0.380 e. The van der Waals surface area contributed by atoms with Gasteiger partial charge in [-0.05, 0) is 32.9 Å². The molecule has 0 aromatic heterocycles. The molecular formula is C12H26N2O. The van der Waals surface area contributed by atoms with Crippen LogP contribution in [0.4, 0.5) is 0 Å². The van der Waals surface area contributed by atoms with Crippen LogP contribution < -0.4 is 5.32 Å². The lowest BCUT2D eigenvalue weighted by atomic mass is 10.0. The first kappa shape index (κ1) is 12.9. The van der Waals surface area contributed by atoms with Gasteiger partial charge in [0.2, 0.25) is 0 Å². The Morgan fingerprint density at radius 2 is 2.13 bits per heavy atom. The van der Waals surface area contributed by atoms with Crippen LogP contribution in [0.2, 0.25) is 0 Å². The molecule has 2 unspecified atom stereocenters. The second kappa shape index (κ2) is 6.46. The van der Waals surface area contributed by atoms with Crippen LogP contribution >= 0.6 is 0 Å². The molecule has 0 aliphatic carbocycles.